The van der Waals surface area contributed by atoms with Crippen LogP contribution in [0.4, 0.5) is 13.2 Å². The minimum absolute atomic E-state index is 0.0926. The summed E-state index contributed by atoms with van der Waals surface area (Å²) < 4.78 is 74.4. The third kappa shape index (κ3) is 3.70. The average molecular weight is 406 g/mol. The predicted octanol–water partition coefficient (Wildman–Crippen LogP) is 3.28. The molecule has 25 heavy (non-hydrogen) atoms. The van der Waals surface area contributed by atoms with Crippen molar-refractivity contribution < 1.29 is 21.6 Å². The number of hydrogen-bond acceptors (Lipinski definition) is 6. The highest BCUT2D eigenvalue weighted by Gasteiger charge is 2.30. The lowest BCUT2D eigenvalue weighted by Gasteiger charge is -2.07. The van der Waals surface area contributed by atoms with Gasteiger partial charge in [0.15, 0.2) is 0 Å². The third-order valence-electron chi connectivity index (χ3n) is 3.10. The van der Waals surface area contributed by atoms with Crippen LogP contribution in [-0.2, 0) is 26.9 Å². The molecule has 0 aliphatic rings. The summed E-state index contributed by atoms with van der Waals surface area (Å²) in [5.74, 6) is 0. The molecule has 0 spiro atoms. The lowest BCUT2D eigenvalue weighted by Crippen LogP contribution is -2.07. The zero-order valence-electron chi connectivity index (χ0n) is 12.4. The van der Waals surface area contributed by atoms with Crippen LogP contribution in [0.3, 0.4) is 0 Å². The standard InChI is InChI=1S/C13H9F3N4O2S3/c1-24(11-6-5-8(7-17-11)13(14,15)16)20-25(21,22)10-4-2-3-9-12(10)19-23-18-9/h2-7H,1H3. The van der Waals surface area contributed by atoms with Gasteiger partial charge in [-0.15, -0.1) is 3.77 Å². The molecule has 0 aliphatic heterocycles. The molecule has 0 saturated carbocycles. The first kappa shape index (κ1) is 17.9. The number of aromatic nitrogens is 3. The Morgan fingerprint density at radius 2 is 1.92 bits per heavy atom. The molecule has 1 atom stereocenters. The molecule has 3 rings (SSSR count). The summed E-state index contributed by atoms with van der Waals surface area (Å²) in [7, 11) is -5.32. The van der Waals surface area contributed by atoms with Gasteiger partial charge in [-0.2, -0.15) is 30.3 Å². The van der Waals surface area contributed by atoms with E-state index in [1.165, 1.54) is 18.4 Å². The van der Waals surface area contributed by atoms with Gasteiger partial charge in [-0.05, 0) is 41.2 Å². The van der Waals surface area contributed by atoms with Gasteiger partial charge in [-0.25, -0.2) is 4.98 Å². The maximum atomic E-state index is 12.6. The summed E-state index contributed by atoms with van der Waals surface area (Å²) in [6.45, 7) is 0. The summed E-state index contributed by atoms with van der Waals surface area (Å²) in [5, 5.41) is 0.139. The van der Waals surface area contributed by atoms with E-state index in [0.717, 1.165) is 23.9 Å². The van der Waals surface area contributed by atoms with Crippen LogP contribution in [0, 0.1) is 0 Å². The van der Waals surface area contributed by atoms with Crippen LogP contribution in [0.25, 0.3) is 11.0 Å². The van der Waals surface area contributed by atoms with Crippen molar-refractivity contribution in [3.05, 3.63) is 42.1 Å². The minimum atomic E-state index is -4.51. The number of pyridine rings is 1. The van der Waals surface area contributed by atoms with E-state index in [4.69, 9.17) is 0 Å². The van der Waals surface area contributed by atoms with Gasteiger partial charge < -0.3 is 0 Å². The Balaban J connectivity index is 2.00. The number of nitrogens with zero attached hydrogens (tertiary/aromatic N) is 4. The summed E-state index contributed by atoms with van der Waals surface area (Å²) in [6.07, 6.45) is -2.38. The molecule has 0 N–H and O–H groups in total. The fraction of sp³-hybridized carbons (Fsp3) is 0.154. The van der Waals surface area contributed by atoms with Crippen LogP contribution in [0.5, 0.6) is 0 Å². The highest BCUT2D eigenvalue weighted by Crippen LogP contribution is 2.29. The number of halogens is 3. The molecule has 2 aromatic heterocycles. The molecule has 3 aromatic rings. The van der Waals surface area contributed by atoms with Crippen molar-refractivity contribution >= 4 is 43.5 Å². The normalized spacial score (nSPS) is 14.1. The molecule has 0 saturated heterocycles. The van der Waals surface area contributed by atoms with Crippen molar-refractivity contribution in [1.82, 2.24) is 13.7 Å². The second kappa shape index (κ2) is 6.42. The second-order valence-corrected chi connectivity index (χ2v) is 8.69. The van der Waals surface area contributed by atoms with Gasteiger partial charge in [-0.1, -0.05) is 6.07 Å². The Kier molecular flexibility index (Phi) is 4.60. The average Bonchev–Trinajstić information content (AvgIpc) is 3.02. The van der Waals surface area contributed by atoms with E-state index in [1.54, 1.807) is 6.07 Å². The summed E-state index contributed by atoms with van der Waals surface area (Å²) in [6, 6.07) is 6.48. The SMILES string of the molecule is C/S(=N\S(=O)(=O)c1cccc2nsnc12)c1ccc(C(F)(F)F)cn1. The Hall–Kier alpha value is -1.92. The lowest BCUT2D eigenvalue weighted by molar-refractivity contribution is -0.137. The highest BCUT2D eigenvalue weighted by atomic mass is 32.3. The van der Waals surface area contributed by atoms with Gasteiger partial charge in [0.2, 0.25) is 0 Å². The minimum Gasteiger partial charge on any atom is -0.248 e. The molecule has 6 nitrogen and oxygen atoms in total. The fourth-order valence-corrected chi connectivity index (χ4v) is 5.46. The van der Waals surface area contributed by atoms with Gasteiger partial charge in [0, 0.05) is 6.20 Å². The Labute approximate surface area is 147 Å². The molecule has 12 heteroatoms. The van der Waals surface area contributed by atoms with Crippen LogP contribution < -0.4 is 0 Å². The van der Waals surface area contributed by atoms with Crippen LogP contribution in [0.15, 0.2) is 50.2 Å². The van der Waals surface area contributed by atoms with E-state index >= 15 is 0 Å². The number of fused-ring (bicyclic) bond motifs is 1. The molecular weight excluding hydrogens is 397 g/mol. The van der Waals surface area contributed by atoms with Gasteiger partial charge in [-0.3, -0.25) is 0 Å². The number of rotatable bonds is 3. The molecule has 1 aromatic carbocycles. The van der Waals surface area contributed by atoms with Crippen LogP contribution in [-0.4, -0.2) is 28.4 Å². The zero-order chi connectivity index (χ0) is 18.2. The van der Waals surface area contributed by atoms with E-state index in [9.17, 15) is 21.6 Å². The number of hydrogen-bond donors (Lipinski definition) is 0. The quantitative estimate of drug-likeness (QED) is 0.666. The Bertz CT molecular complexity index is 1060. The molecule has 0 radical (unpaired) electrons. The topological polar surface area (TPSA) is 85.2 Å². The molecule has 0 amide bonds. The van der Waals surface area contributed by atoms with Crippen molar-refractivity contribution in [2.24, 2.45) is 3.77 Å². The monoisotopic (exact) mass is 406 g/mol. The summed E-state index contributed by atoms with van der Waals surface area (Å²) >= 11 is 0.880. The Morgan fingerprint density at radius 1 is 1.16 bits per heavy atom. The maximum absolute atomic E-state index is 12.6. The molecule has 2 heterocycles. The first-order chi connectivity index (χ1) is 11.7. The largest absolute Gasteiger partial charge is 0.417 e. The van der Waals surface area contributed by atoms with E-state index < -0.39 is 32.5 Å². The smallest absolute Gasteiger partial charge is 0.248 e. The van der Waals surface area contributed by atoms with Crippen LogP contribution >= 0.6 is 11.7 Å². The molecule has 132 valence electrons. The second-order valence-electron chi connectivity index (χ2n) is 4.80. The molecule has 1 unspecified atom stereocenters. The lowest BCUT2D eigenvalue weighted by atomic mass is 10.3. The van der Waals surface area contributed by atoms with Crippen molar-refractivity contribution in [3.63, 3.8) is 0 Å². The van der Waals surface area contributed by atoms with Crippen molar-refractivity contribution in [2.75, 3.05) is 6.26 Å². The Morgan fingerprint density at radius 3 is 2.56 bits per heavy atom. The van der Waals surface area contributed by atoms with Crippen molar-refractivity contribution in [2.45, 2.75) is 16.1 Å². The van der Waals surface area contributed by atoms with Crippen molar-refractivity contribution in [3.8, 4) is 0 Å². The van der Waals surface area contributed by atoms with Crippen LogP contribution in [0.2, 0.25) is 0 Å². The first-order valence-corrected chi connectivity index (χ1v) is 10.3. The van der Waals surface area contributed by atoms with Gasteiger partial charge in [0.25, 0.3) is 10.0 Å². The molecular formula is C13H9F3N4O2S3. The van der Waals surface area contributed by atoms with Gasteiger partial charge in [0.05, 0.1) is 17.3 Å². The molecule has 0 bridgehead atoms. The third-order valence-corrected chi connectivity index (χ3v) is 7.06. The number of benzene rings is 1. The fourth-order valence-electron chi connectivity index (χ4n) is 1.94. The van der Waals surface area contributed by atoms with E-state index in [1.807, 2.05) is 0 Å². The van der Waals surface area contributed by atoms with E-state index in [0.29, 0.717) is 11.7 Å². The van der Waals surface area contributed by atoms with Gasteiger partial charge in [0.1, 0.15) is 21.0 Å². The van der Waals surface area contributed by atoms with Crippen molar-refractivity contribution in [1.29, 1.82) is 0 Å². The van der Waals surface area contributed by atoms with E-state index in [2.05, 4.69) is 17.5 Å². The predicted molar refractivity (Wildman–Crippen MR) is 87.8 cm³/mol. The maximum Gasteiger partial charge on any atom is 0.417 e. The van der Waals surface area contributed by atoms with Gasteiger partial charge >= 0.3 is 6.18 Å². The summed E-state index contributed by atoms with van der Waals surface area (Å²) in [5.41, 5.74) is -0.257. The zero-order valence-corrected chi connectivity index (χ0v) is 14.9. The molecule has 0 fully saturated rings. The molecule has 0 aliphatic carbocycles. The number of sulfonamides is 1. The number of alkyl halides is 3. The summed E-state index contributed by atoms with van der Waals surface area (Å²) in [4.78, 5) is 3.59. The van der Waals surface area contributed by atoms with Crippen LogP contribution in [0.1, 0.15) is 5.56 Å². The highest BCUT2D eigenvalue weighted by molar-refractivity contribution is 8.00. The first-order valence-electron chi connectivity index (χ1n) is 6.57. The van der Waals surface area contributed by atoms with E-state index in [-0.39, 0.29) is 15.4 Å².